The minimum Gasteiger partial charge on any atom is -0.497 e. The van der Waals surface area contributed by atoms with Gasteiger partial charge in [-0.05, 0) is 42.5 Å². The van der Waals surface area contributed by atoms with E-state index in [9.17, 15) is 4.79 Å². The van der Waals surface area contributed by atoms with E-state index in [4.69, 9.17) is 14.2 Å². The first-order valence-corrected chi connectivity index (χ1v) is 9.62. The van der Waals surface area contributed by atoms with Crippen molar-refractivity contribution in [3.05, 3.63) is 53.7 Å². The second-order valence-corrected chi connectivity index (χ2v) is 6.92. The van der Waals surface area contributed by atoms with Crippen LogP contribution >= 0.6 is 0 Å². The normalized spacial score (nSPS) is 14.1. The molecule has 7 heteroatoms. The number of aromatic nitrogens is 1. The monoisotopic (exact) mass is 395 g/mol. The van der Waals surface area contributed by atoms with E-state index in [1.165, 1.54) is 0 Å². The summed E-state index contributed by atoms with van der Waals surface area (Å²) in [4.78, 5) is 18.2. The van der Waals surface area contributed by atoms with Crippen molar-refractivity contribution in [3.63, 3.8) is 0 Å². The number of H-pyrrole nitrogens is 1. The molecule has 0 saturated carbocycles. The Kier molecular flexibility index (Phi) is 5.57. The van der Waals surface area contributed by atoms with Gasteiger partial charge in [0.25, 0.3) is 5.91 Å². The number of anilines is 1. The average Bonchev–Trinajstić information content (AvgIpc) is 3.19. The molecular weight excluding hydrogens is 370 g/mol. The van der Waals surface area contributed by atoms with Crippen LogP contribution < -0.4 is 19.7 Å². The van der Waals surface area contributed by atoms with Crippen molar-refractivity contribution in [1.82, 2.24) is 10.3 Å². The molecule has 0 bridgehead atoms. The number of rotatable bonds is 6. The highest BCUT2D eigenvalue weighted by Crippen LogP contribution is 2.30. The highest BCUT2D eigenvalue weighted by molar-refractivity contribution is 5.95. The molecule has 0 atom stereocenters. The Morgan fingerprint density at radius 1 is 1.10 bits per heavy atom. The van der Waals surface area contributed by atoms with Crippen molar-refractivity contribution in [1.29, 1.82) is 0 Å². The topological polar surface area (TPSA) is 75.8 Å². The van der Waals surface area contributed by atoms with Crippen molar-refractivity contribution in [3.8, 4) is 11.5 Å². The number of benzene rings is 2. The number of hydrogen-bond acceptors (Lipinski definition) is 5. The maximum absolute atomic E-state index is 12.7. The number of nitrogens with one attached hydrogen (secondary N) is 2. The van der Waals surface area contributed by atoms with E-state index < -0.39 is 0 Å². The summed E-state index contributed by atoms with van der Waals surface area (Å²) in [5, 5.41) is 4.04. The van der Waals surface area contributed by atoms with Crippen molar-refractivity contribution >= 4 is 22.5 Å². The molecular formula is C22H25N3O4. The third-order valence-electron chi connectivity index (χ3n) is 5.12. The summed E-state index contributed by atoms with van der Waals surface area (Å²) in [6.07, 6.45) is 0. The van der Waals surface area contributed by atoms with Crippen LogP contribution in [0, 0.1) is 0 Å². The van der Waals surface area contributed by atoms with Crippen LogP contribution in [0.4, 0.5) is 5.69 Å². The van der Waals surface area contributed by atoms with E-state index in [1.807, 2.05) is 36.4 Å². The minimum absolute atomic E-state index is 0.126. The maximum atomic E-state index is 12.7. The lowest BCUT2D eigenvalue weighted by molar-refractivity contribution is 0.0950. The molecule has 0 unspecified atom stereocenters. The van der Waals surface area contributed by atoms with Gasteiger partial charge >= 0.3 is 0 Å². The summed E-state index contributed by atoms with van der Waals surface area (Å²) in [5.41, 5.74) is 3.46. The van der Waals surface area contributed by atoms with Crippen LogP contribution in [0.3, 0.4) is 0 Å². The number of fused-ring (bicyclic) bond motifs is 1. The first-order valence-electron chi connectivity index (χ1n) is 9.62. The highest BCUT2D eigenvalue weighted by Gasteiger charge is 2.18. The molecule has 1 aliphatic heterocycles. The van der Waals surface area contributed by atoms with Crippen LogP contribution in [0.5, 0.6) is 11.5 Å². The Bertz CT molecular complexity index is 1010. The molecule has 4 rings (SSSR count). The fourth-order valence-corrected chi connectivity index (χ4v) is 3.55. The first kappa shape index (κ1) is 19.1. The number of carbonyl (C=O) groups is 1. The van der Waals surface area contributed by atoms with Crippen LogP contribution in [0.1, 0.15) is 16.1 Å². The van der Waals surface area contributed by atoms with E-state index in [0.717, 1.165) is 46.9 Å². The molecule has 29 heavy (non-hydrogen) atoms. The lowest BCUT2D eigenvalue weighted by Crippen LogP contribution is -2.36. The Morgan fingerprint density at radius 2 is 1.93 bits per heavy atom. The standard InChI is InChI=1S/C22H25N3O4/c1-27-18-4-5-19-16(12-18)11-17(24-19)14-23-22(26)15-3-6-21(28-2)20(13-15)25-7-9-29-10-8-25/h3-6,11-13,24H,7-10,14H2,1-2H3,(H,23,26). The van der Waals surface area contributed by atoms with Crippen molar-refractivity contribution in [2.45, 2.75) is 6.54 Å². The molecule has 1 saturated heterocycles. The molecule has 2 heterocycles. The van der Waals surface area contributed by atoms with Crippen LogP contribution in [0.15, 0.2) is 42.5 Å². The maximum Gasteiger partial charge on any atom is 0.251 e. The molecule has 2 aromatic carbocycles. The summed E-state index contributed by atoms with van der Waals surface area (Å²) < 4.78 is 16.2. The second-order valence-electron chi connectivity index (χ2n) is 6.92. The van der Waals surface area contributed by atoms with E-state index in [0.29, 0.717) is 25.3 Å². The number of amides is 1. The number of ether oxygens (including phenoxy) is 3. The third-order valence-corrected chi connectivity index (χ3v) is 5.12. The van der Waals surface area contributed by atoms with E-state index >= 15 is 0 Å². The molecule has 7 nitrogen and oxygen atoms in total. The van der Waals surface area contributed by atoms with Gasteiger partial charge in [0.05, 0.1) is 39.7 Å². The second kappa shape index (κ2) is 8.45. The molecule has 152 valence electrons. The fourth-order valence-electron chi connectivity index (χ4n) is 3.55. The van der Waals surface area contributed by atoms with Crippen LogP contribution in [0.2, 0.25) is 0 Å². The molecule has 1 aliphatic rings. The Hall–Kier alpha value is -3.19. The SMILES string of the molecule is COc1ccc2[nH]c(CNC(=O)c3ccc(OC)c(N4CCOCC4)c3)cc2c1. The number of aromatic amines is 1. The molecule has 1 amide bonds. The van der Waals surface area contributed by atoms with Gasteiger partial charge in [-0.1, -0.05) is 0 Å². The van der Waals surface area contributed by atoms with Gasteiger partial charge in [-0.2, -0.15) is 0 Å². The van der Waals surface area contributed by atoms with Crippen LogP contribution in [0.25, 0.3) is 10.9 Å². The number of methoxy groups -OCH3 is 2. The predicted octanol–water partition coefficient (Wildman–Crippen LogP) is 2.95. The summed E-state index contributed by atoms with van der Waals surface area (Å²) >= 11 is 0. The van der Waals surface area contributed by atoms with Gasteiger partial charge in [-0.15, -0.1) is 0 Å². The summed E-state index contributed by atoms with van der Waals surface area (Å²) in [7, 11) is 3.29. The zero-order chi connectivity index (χ0) is 20.2. The largest absolute Gasteiger partial charge is 0.497 e. The molecule has 0 aliphatic carbocycles. The fraction of sp³-hybridized carbons (Fsp3) is 0.318. The summed E-state index contributed by atoms with van der Waals surface area (Å²) in [6, 6.07) is 13.4. The molecule has 0 spiro atoms. The summed E-state index contributed by atoms with van der Waals surface area (Å²) in [6.45, 7) is 3.31. The van der Waals surface area contributed by atoms with Crippen LogP contribution in [-0.2, 0) is 11.3 Å². The number of carbonyl (C=O) groups excluding carboxylic acids is 1. The van der Waals surface area contributed by atoms with Crippen molar-refractivity contribution in [2.24, 2.45) is 0 Å². The van der Waals surface area contributed by atoms with Gasteiger partial charge < -0.3 is 29.4 Å². The van der Waals surface area contributed by atoms with Gasteiger partial charge in [0.2, 0.25) is 0 Å². The van der Waals surface area contributed by atoms with Gasteiger partial charge in [0.1, 0.15) is 11.5 Å². The average molecular weight is 395 g/mol. The number of nitrogens with zero attached hydrogens (tertiary/aromatic N) is 1. The van der Waals surface area contributed by atoms with E-state index in [1.54, 1.807) is 20.3 Å². The molecule has 2 N–H and O–H groups in total. The zero-order valence-corrected chi connectivity index (χ0v) is 16.7. The quantitative estimate of drug-likeness (QED) is 0.671. The minimum atomic E-state index is -0.126. The van der Waals surface area contributed by atoms with E-state index in [-0.39, 0.29) is 5.91 Å². The highest BCUT2D eigenvalue weighted by atomic mass is 16.5. The zero-order valence-electron chi connectivity index (χ0n) is 16.7. The van der Waals surface area contributed by atoms with E-state index in [2.05, 4.69) is 15.2 Å². The van der Waals surface area contributed by atoms with Gasteiger partial charge in [-0.25, -0.2) is 0 Å². The Balaban J connectivity index is 1.48. The van der Waals surface area contributed by atoms with Crippen molar-refractivity contribution in [2.75, 3.05) is 45.4 Å². The van der Waals surface area contributed by atoms with Crippen molar-refractivity contribution < 1.29 is 19.0 Å². The third kappa shape index (κ3) is 4.14. The lowest BCUT2D eigenvalue weighted by atomic mass is 10.1. The van der Waals surface area contributed by atoms with Gasteiger partial charge in [-0.3, -0.25) is 4.79 Å². The molecule has 1 fully saturated rings. The Labute approximate surface area is 169 Å². The number of morpholine rings is 1. The Morgan fingerprint density at radius 3 is 2.69 bits per heavy atom. The number of hydrogen-bond donors (Lipinski definition) is 2. The van der Waals surface area contributed by atoms with Gasteiger partial charge in [0, 0.05) is 35.2 Å². The molecule has 3 aromatic rings. The smallest absolute Gasteiger partial charge is 0.251 e. The van der Waals surface area contributed by atoms with Gasteiger partial charge in [0.15, 0.2) is 0 Å². The predicted molar refractivity (Wildman–Crippen MR) is 112 cm³/mol. The van der Waals surface area contributed by atoms with Crippen LogP contribution in [-0.4, -0.2) is 51.4 Å². The molecule has 0 radical (unpaired) electrons. The molecule has 1 aromatic heterocycles. The lowest BCUT2D eigenvalue weighted by Gasteiger charge is -2.30. The first-order chi connectivity index (χ1) is 14.2. The summed E-state index contributed by atoms with van der Waals surface area (Å²) in [5.74, 6) is 1.44.